The number of Topliss-reactive ketones (excluding diaryl/α,β-unsaturated/α-hetero) is 1. The fraction of sp³-hybridized carbons (Fsp3) is 0.130. The number of hydrogen-bond donors (Lipinski definition) is 1. The van der Waals surface area contributed by atoms with Crippen LogP contribution in [0.2, 0.25) is 0 Å². The molecule has 3 rings (SSSR count). The second-order valence-corrected chi connectivity index (χ2v) is 6.53. The molecular formula is C23H20ClNO3. The van der Waals surface area contributed by atoms with Gasteiger partial charge in [0.2, 0.25) is 5.91 Å². The number of hydrogen-bond acceptors (Lipinski definition) is 3. The average Bonchev–Trinajstić information content (AvgIpc) is 2.74. The van der Waals surface area contributed by atoms with Gasteiger partial charge in [-0.1, -0.05) is 54.6 Å². The fourth-order valence-electron chi connectivity index (χ4n) is 2.90. The van der Waals surface area contributed by atoms with E-state index in [4.69, 9.17) is 16.3 Å². The van der Waals surface area contributed by atoms with Crippen LogP contribution >= 0.6 is 11.6 Å². The van der Waals surface area contributed by atoms with Crippen LogP contribution in [0.4, 0.5) is 5.69 Å². The van der Waals surface area contributed by atoms with Crippen LogP contribution in [-0.4, -0.2) is 24.7 Å². The minimum Gasteiger partial charge on any atom is -0.495 e. The molecule has 0 atom stereocenters. The van der Waals surface area contributed by atoms with E-state index in [-0.39, 0.29) is 24.0 Å². The van der Waals surface area contributed by atoms with Crippen molar-refractivity contribution in [2.24, 2.45) is 0 Å². The summed E-state index contributed by atoms with van der Waals surface area (Å²) in [6.07, 6.45) is 0.268. The van der Waals surface area contributed by atoms with Crippen LogP contribution < -0.4 is 10.1 Å². The molecule has 0 aromatic heterocycles. The minimum atomic E-state index is -0.360. The molecule has 0 spiro atoms. The highest BCUT2D eigenvalue weighted by Crippen LogP contribution is 2.26. The smallest absolute Gasteiger partial charge is 0.239 e. The Bertz CT molecular complexity index is 969. The standard InChI is InChI=1S/C23H20ClNO3/c1-28-22-12-11-19(14-20(22)25-23(27)15-24)21(26)13-16-7-9-18(10-8-16)17-5-3-2-4-6-17/h2-12,14H,13,15H2,1H3,(H,25,27). The molecular weight excluding hydrogens is 374 g/mol. The Hall–Kier alpha value is -3.11. The van der Waals surface area contributed by atoms with Crippen molar-refractivity contribution in [1.29, 1.82) is 0 Å². The normalized spacial score (nSPS) is 10.4. The maximum absolute atomic E-state index is 12.7. The van der Waals surface area contributed by atoms with Gasteiger partial charge in [-0.3, -0.25) is 9.59 Å². The zero-order valence-corrected chi connectivity index (χ0v) is 16.2. The van der Waals surface area contributed by atoms with Crippen LogP contribution in [0.5, 0.6) is 5.75 Å². The van der Waals surface area contributed by atoms with E-state index in [9.17, 15) is 9.59 Å². The lowest BCUT2D eigenvalue weighted by molar-refractivity contribution is -0.113. The molecule has 0 bridgehead atoms. The van der Waals surface area contributed by atoms with Gasteiger partial charge < -0.3 is 10.1 Å². The second-order valence-electron chi connectivity index (χ2n) is 6.26. The topological polar surface area (TPSA) is 55.4 Å². The van der Waals surface area contributed by atoms with Crippen molar-refractivity contribution in [1.82, 2.24) is 0 Å². The van der Waals surface area contributed by atoms with Gasteiger partial charge in [0.25, 0.3) is 0 Å². The van der Waals surface area contributed by atoms with Crippen LogP contribution in [0.3, 0.4) is 0 Å². The van der Waals surface area contributed by atoms with E-state index in [0.29, 0.717) is 17.0 Å². The third kappa shape index (κ3) is 4.78. The van der Waals surface area contributed by atoms with Gasteiger partial charge in [0.15, 0.2) is 5.78 Å². The van der Waals surface area contributed by atoms with Gasteiger partial charge in [-0.25, -0.2) is 0 Å². The lowest BCUT2D eigenvalue weighted by Gasteiger charge is -2.11. The van der Waals surface area contributed by atoms with E-state index in [1.165, 1.54) is 7.11 Å². The number of rotatable bonds is 7. The molecule has 0 aliphatic heterocycles. The molecule has 4 nitrogen and oxygen atoms in total. The molecule has 0 fully saturated rings. The number of nitrogens with one attached hydrogen (secondary N) is 1. The number of ether oxygens (including phenoxy) is 1. The highest BCUT2D eigenvalue weighted by molar-refractivity contribution is 6.29. The summed E-state index contributed by atoms with van der Waals surface area (Å²) in [5.74, 6) is -0.102. The lowest BCUT2D eigenvalue weighted by atomic mass is 9.99. The SMILES string of the molecule is COc1ccc(C(=O)Cc2ccc(-c3ccccc3)cc2)cc1NC(=O)CCl. The molecule has 28 heavy (non-hydrogen) atoms. The van der Waals surface area contributed by atoms with E-state index in [1.807, 2.05) is 54.6 Å². The zero-order chi connectivity index (χ0) is 19.9. The van der Waals surface area contributed by atoms with Crippen molar-refractivity contribution >= 4 is 29.0 Å². The lowest BCUT2D eigenvalue weighted by Crippen LogP contribution is -2.14. The van der Waals surface area contributed by atoms with Gasteiger partial charge in [0.05, 0.1) is 12.8 Å². The third-order valence-electron chi connectivity index (χ3n) is 4.34. The first-order valence-electron chi connectivity index (χ1n) is 8.82. The molecule has 0 radical (unpaired) electrons. The van der Waals surface area contributed by atoms with Crippen LogP contribution in [0.25, 0.3) is 11.1 Å². The van der Waals surface area contributed by atoms with E-state index in [0.717, 1.165) is 16.7 Å². The number of benzene rings is 3. The summed E-state index contributed by atoms with van der Waals surface area (Å²) in [4.78, 5) is 24.3. The van der Waals surface area contributed by atoms with Gasteiger partial charge in [-0.15, -0.1) is 11.6 Å². The Morgan fingerprint density at radius 2 is 1.61 bits per heavy atom. The Morgan fingerprint density at radius 1 is 0.929 bits per heavy atom. The third-order valence-corrected chi connectivity index (χ3v) is 4.59. The van der Waals surface area contributed by atoms with Gasteiger partial charge >= 0.3 is 0 Å². The van der Waals surface area contributed by atoms with Crippen molar-refractivity contribution in [3.63, 3.8) is 0 Å². The maximum atomic E-state index is 12.7. The van der Waals surface area contributed by atoms with Crippen LogP contribution in [-0.2, 0) is 11.2 Å². The van der Waals surface area contributed by atoms with Crippen molar-refractivity contribution in [2.75, 3.05) is 18.3 Å². The van der Waals surface area contributed by atoms with Gasteiger partial charge in [0, 0.05) is 12.0 Å². The fourth-order valence-corrected chi connectivity index (χ4v) is 2.96. The monoisotopic (exact) mass is 393 g/mol. The van der Waals surface area contributed by atoms with E-state index < -0.39 is 0 Å². The summed E-state index contributed by atoms with van der Waals surface area (Å²) in [5, 5.41) is 2.65. The molecule has 3 aromatic carbocycles. The first kappa shape index (κ1) is 19.6. The van der Waals surface area contributed by atoms with Crippen LogP contribution in [0.15, 0.2) is 72.8 Å². The molecule has 5 heteroatoms. The van der Waals surface area contributed by atoms with Crippen molar-refractivity contribution < 1.29 is 14.3 Å². The molecule has 0 heterocycles. The second kappa shape index (κ2) is 9.20. The highest BCUT2D eigenvalue weighted by atomic mass is 35.5. The number of amides is 1. The summed E-state index contributed by atoms with van der Waals surface area (Å²) in [7, 11) is 1.50. The quantitative estimate of drug-likeness (QED) is 0.455. The minimum absolute atomic E-state index is 0.0449. The molecule has 0 aliphatic carbocycles. The molecule has 142 valence electrons. The van der Waals surface area contributed by atoms with Gasteiger partial charge in [-0.2, -0.15) is 0 Å². The summed E-state index contributed by atoms with van der Waals surface area (Å²) in [6.45, 7) is 0. The highest BCUT2D eigenvalue weighted by Gasteiger charge is 2.13. The summed E-state index contributed by atoms with van der Waals surface area (Å²) < 4.78 is 5.23. The Balaban J connectivity index is 1.75. The Morgan fingerprint density at radius 3 is 2.25 bits per heavy atom. The predicted molar refractivity (Wildman–Crippen MR) is 112 cm³/mol. The average molecular weight is 394 g/mol. The molecule has 1 N–H and O–H groups in total. The van der Waals surface area contributed by atoms with E-state index in [2.05, 4.69) is 5.32 Å². The summed E-state index contributed by atoms with van der Waals surface area (Å²) in [6, 6.07) is 23.0. The van der Waals surface area contributed by atoms with Gasteiger partial charge in [0.1, 0.15) is 11.6 Å². The Kier molecular flexibility index (Phi) is 6.45. The number of carbonyl (C=O) groups is 2. The van der Waals surface area contributed by atoms with Crippen molar-refractivity contribution in [2.45, 2.75) is 6.42 Å². The van der Waals surface area contributed by atoms with E-state index >= 15 is 0 Å². The molecule has 0 aliphatic rings. The summed E-state index contributed by atoms with van der Waals surface area (Å²) in [5.41, 5.74) is 4.09. The number of anilines is 1. The van der Waals surface area contributed by atoms with E-state index in [1.54, 1.807) is 18.2 Å². The number of carbonyl (C=O) groups excluding carboxylic acids is 2. The molecule has 0 saturated carbocycles. The van der Waals surface area contributed by atoms with Crippen LogP contribution in [0, 0.1) is 0 Å². The molecule has 3 aromatic rings. The largest absolute Gasteiger partial charge is 0.495 e. The number of methoxy groups -OCH3 is 1. The molecule has 0 saturated heterocycles. The molecule has 1 amide bonds. The van der Waals surface area contributed by atoms with Crippen molar-refractivity contribution in [3.8, 4) is 16.9 Å². The van der Waals surface area contributed by atoms with Gasteiger partial charge in [-0.05, 0) is 34.9 Å². The zero-order valence-electron chi connectivity index (χ0n) is 15.4. The number of ketones is 1. The first-order valence-corrected chi connectivity index (χ1v) is 9.35. The summed E-state index contributed by atoms with van der Waals surface area (Å²) >= 11 is 5.54. The number of halogens is 1. The first-order chi connectivity index (χ1) is 13.6. The molecule has 0 unspecified atom stereocenters. The Labute approximate surface area is 169 Å². The predicted octanol–water partition coefficient (Wildman–Crippen LogP) is 4.96. The van der Waals surface area contributed by atoms with Crippen molar-refractivity contribution in [3.05, 3.63) is 83.9 Å². The van der Waals surface area contributed by atoms with Crippen LogP contribution in [0.1, 0.15) is 15.9 Å². The number of alkyl halides is 1. The maximum Gasteiger partial charge on any atom is 0.239 e.